The van der Waals surface area contributed by atoms with Crippen LogP contribution in [0.1, 0.15) is 81.6 Å². The van der Waals surface area contributed by atoms with Crippen molar-refractivity contribution >= 4 is 17.8 Å². The van der Waals surface area contributed by atoms with Crippen molar-refractivity contribution in [2.75, 3.05) is 0 Å². The number of aliphatic imine (C=N–C) groups is 1. The number of hydrogen-bond acceptors (Lipinski definition) is 4. The minimum absolute atomic E-state index is 0.0871. The summed E-state index contributed by atoms with van der Waals surface area (Å²) in [5.41, 5.74) is 6.33. The van der Waals surface area contributed by atoms with E-state index in [1.165, 1.54) is 29.9 Å². The lowest BCUT2D eigenvalue weighted by molar-refractivity contribution is -0.130. The van der Waals surface area contributed by atoms with Crippen molar-refractivity contribution in [3.63, 3.8) is 0 Å². The summed E-state index contributed by atoms with van der Waals surface area (Å²) in [7, 11) is 0. The van der Waals surface area contributed by atoms with Gasteiger partial charge in [0, 0.05) is 11.6 Å². The first-order valence-corrected chi connectivity index (χ1v) is 10.9. The Hall–Kier alpha value is -2.44. The van der Waals surface area contributed by atoms with Gasteiger partial charge in [0.1, 0.15) is 5.82 Å². The van der Waals surface area contributed by atoms with E-state index in [1.54, 1.807) is 6.07 Å². The molecule has 3 rings (SSSR count). The molecule has 0 saturated heterocycles. The van der Waals surface area contributed by atoms with Crippen molar-refractivity contribution in [3.8, 4) is 0 Å². The molecular formula is C23H33FN4O2. The monoisotopic (exact) mass is 416 g/mol. The van der Waals surface area contributed by atoms with Crippen LogP contribution in [0.3, 0.4) is 0 Å². The van der Waals surface area contributed by atoms with Gasteiger partial charge >= 0.3 is 0 Å². The van der Waals surface area contributed by atoms with Crippen molar-refractivity contribution in [1.82, 2.24) is 10.2 Å². The van der Waals surface area contributed by atoms with E-state index in [1.807, 2.05) is 20.8 Å². The molecule has 0 unspecified atom stereocenters. The average molecular weight is 417 g/mol. The summed E-state index contributed by atoms with van der Waals surface area (Å²) in [5, 5.41) is 3.04. The number of benzene rings is 1. The number of hydrogen-bond donors (Lipinski definition) is 2. The third-order valence-electron chi connectivity index (χ3n) is 6.45. The van der Waals surface area contributed by atoms with Gasteiger partial charge in [0.2, 0.25) is 5.91 Å². The van der Waals surface area contributed by atoms with E-state index >= 15 is 0 Å². The summed E-state index contributed by atoms with van der Waals surface area (Å²) in [6.07, 6.45) is 6.75. The minimum atomic E-state index is -0.538. The zero-order valence-corrected chi connectivity index (χ0v) is 18.2. The Balaban J connectivity index is 1.75. The Bertz CT molecular complexity index is 830. The fourth-order valence-electron chi connectivity index (χ4n) is 4.14. The molecule has 1 atom stereocenters. The lowest BCUT2D eigenvalue weighted by Crippen LogP contribution is -2.51. The highest BCUT2D eigenvalue weighted by Crippen LogP contribution is 2.30. The normalized spacial score (nSPS) is 23.3. The summed E-state index contributed by atoms with van der Waals surface area (Å²) in [6.45, 7) is 6.01. The molecule has 3 N–H and O–H groups in total. The van der Waals surface area contributed by atoms with Crippen molar-refractivity contribution in [2.24, 2.45) is 16.6 Å². The van der Waals surface area contributed by atoms with Crippen LogP contribution in [0.2, 0.25) is 0 Å². The molecule has 1 aromatic carbocycles. The molecule has 6 nitrogen and oxygen atoms in total. The van der Waals surface area contributed by atoms with E-state index in [0.29, 0.717) is 5.56 Å². The first kappa shape index (κ1) is 22.2. The van der Waals surface area contributed by atoms with Crippen LogP contribution < -0.4 is 11.1 Å². The number of nitrogens with two attached hydrogens (primary N) is 1. The molecule has 0 aromatic heterocycles. The summed E-state index contributed by atoms with van der Waals surface area (Å²) in [5.74, 6) is -0.633. The average Bonchev–Trinajstić information content (AvgIpc) is 2.93. The van der Waals surface area contributed by atoms with E-state index < -0.39 is 11.4 Å². The molecule has 164 valence electrons. The highest BCUT2D eigenvalue weighted by Gasteiger charge is 2.38. The molecule has 2 amide bonds. The Morgan fingerprint density at radius 2 is 1.93 bits per heavy atom. The lowest BCUT2D eigenvalue weighted by Gasteiger charge is -2.37. The second-order valence-electron chi connectivity index (χ2n) is 9.15. The van der Waals surface area contributed by atoms with Crippen LogP contribution in [-0.4, -0.2) is 34.3 Å². The SMILES string of the molecule is CC(C)[C@]1(C)CC(=O)N(Cc2cc(F)cc(C(=O)NC3CCCCCC3)c2)C(N)=N1. The number of carbonyl (C=O) groups excluding carboxylic acids is 2. The summed E-state index contributed by atoms with van der Waals surface area (Å²) < 4.78 is 14.3. The number of carbonyl (C=O) groups is 2. The third kappa shape index (κ3) is 5.18. The predicted molar refractivity (Wildman–Crippen MR) is 115 cm³/mol. The number of halogens is 1. The molecule has 30 heavy (non-hydrogen) atoms. The molecule has 1 aliphatic carbocycles. The van der Waals surface area contributed by atoms with Crippen LogP contribution >= 0.6 is 0 Å². The Labute approximate surface area is 178 Å². The second kappa shape index (κ2) is 9.14. The van der Waals surface area contributed by atoms with Crippen LogP contribution in [0, 0.1) is 11.7 Å². The first-order valence-electron chi connectivity index (χ1n) is 10.9. The largest absolute Gasteiger partial charge is 0.369 e. The summed E-state index contributed by atoms with van der Waals surface area (Å²) in [6, 6.07) is 4.33. The summed E-state index contributed by atoms with van der Waals surface area (Å²) in [4.78, 5) is 31.3. The van der Waals surface area contributed by atoms with Crippen molar-refractivity contribution < 1.29 is 14.0 Å². The van der Waals surface area contributed by atoms with Gasteiger partial charge in [-0.3, -0.25) is 14.5 Å². The topological polar surface area (TPSA) is 87.8 Å². The van der Waals surface area contributed by atoms with Crippen LogP contribution in [0.4, 0.5) is 4.39 Å². The van der Waals surface area contributed by atoms with Gasteiger partial charge in [-0.05, 0) is 49.4 Å². The van der Waals surface area contributed by atoms with Gasteiger partial charge in [-0.25, -0.2) is 9.38 Å². The molecule has 2 aliphatic rings. The first-order chi connectivity index (χ1) is 14.2. The van der Waals surface area contributed by atoms with Crippen molar-refractivity contribution in [2.45, 2.75) is 83.8 Å². The van der Waals surface area contributed by atoms with Crippen LogP contribution in [0.25, 0.3) is 0 Å². The van der Waals surface area contributed by atoms with E-state index in [9.17, 15) is 14.0 Å². The standard InChI is InChI=1S/C23H33FN4O2/c1-15(2)23(3)13-20(29)28(22(25)27-23)14-16-10-17(12-18(24)11-16)21(30)26-19-8-6-4-5-7-9-19/h10-12,15,19H,4-9,13-14H2,1-3H3,(H2,25,27)(H,26,30)/t23-/m0/s1. The van der Waals surface area contributed by atoms with Gasteiger partial charge in [0.15, 0.2) is 5.96 Å². The van der Waals surface area contributed by atoms with Gasteiger partial charge in [0.05, 0.1) is 18.5 Å². The molecular weight excluding hydrogens is 383 g/mol. The zero-order valence-electron chi connectivity index (χ0n) is 18.2. The molecule has 0 spiro atoms. The Morgan fingerprint density at radius 3 is 2.53 bits per heavy atom. The molecule has 1 aromatic rings. The molecule has 1 heterocycles. The highest BCUT2D eigenvalue weighted by molar-refractivity contribution is 5.99. The van der Waals surface area contributed by atoms with Gasteiger partial charge in [-0.2, -0.15) is 0 Å². The van der Waals surface area contributed by atoms with E-state index in [4.69, 9.17) is 5.73 Å². The fourth-order valence-corrected chi connectivity index (χ4v) is 4.14. The van der Waals surface area contributed by atoms with Gasteiger partial charge in [-0.15, -0.1) is 0 Å². The van der Waals surface area contributed by atoms with Crippen molar-refractivity contribution in [1.29, 1.82) is 0 Å². The van der Waals surface area contributed by atoms with Gasteiger partial charge < -0.3 is 11.1 Å². The van der Waals surface area contributed by atoms with E-state index in [0.717, 1.165) is 25.7 Å². The van der Waals surface area contributed by atoms with Crippen LogP contribution in [0.15, 0.2) is 23.2 Å². The predicted octanol–water partition coefficient (Wildman–Crippen LogP) is 3.74. The van der Waals surface area contributed by atoms with Crippen molar-refractivity contribution in [3.05, 3.63) is 35.1 Å². The number of guanidine groups is 1. The Kier molecular flexibility index (Phi) is 6.78. The number of nitrogens with zero attached hydrogens (tertiary/aromatic N) is 2. The number of amides is 2. The van der Waals surface area contributed by atoms with E-state index in [-0.39, 0.29) is 48.3 Å². The lowest BCUT2D eigenvalue weighted by atomic mass is 9.84. The van der Waals surface area contributed by atoms with Gasteiger partial charge in [0.25, 0.3) is 5.91 Å². The quantitative estimate of drug-likeness (QED) is 0.717. The highest BCUT2D eigenvalue weighted by atomic mass is 19.1. The summed E-state index contributed by atoms with van der Waals surface area (Å²) >= 11 is 0. The maximum Gasteiger partial charge on any atom is 0.251 e. The minimum Gasteiger partial charge on any atom is -0.369 e. The molecule has 0 bridgehead atoms. The number of nitrogens with one attached hydrogen (secondary N) is 1. The third-order valence-corrected chi connectivity index (χ3v) is 6.45. The van der Waals surface area contributed by atoms with Crippen LogP contribution in [0.5, 0.6) is 0 Å². The molecule has 7 heteroatoms. The maximum atomic E-state index is 14.3. The zero-order chi connectivity index (χ0) is 21.9. The molecule has 1 fully saturated rings. The fraction of sp³-hybridized carbons (Fsp3) is 0.609. The van der Waals surface area contributed by atoms with E-state index in [2.05, 4.69) is 10.3 Å². The molecule has 1 aliphatic heterocycles. The maximum absolute atomic E-state index is 14.3. The smallest absolute Gasteiger partial charge is 0.251 e. The molecule has 1 saturated carbocycles. The number of rotatable bonds is 5. The second-order valence-corrected chi connectivity index (χ2v) is 9.15. The Morgan fingerprint density at radius 1 is 1.27 bits per heavy atom. The van der Waals surface area contributed by atoms with Gasteiger partial charge in [-0.1, -0.05) is 39.5 Å². The molecule has 0 radical (unpaired) electrons. The van der Waals surface area contributed by atoms with Crippen LogP contribution in [-0.2, 0) is 11.3 Å².